The first-order valence-corrected chi connectivity index (χ1v) is 9.85. The molecule has 4 heterocycles. The predicted molar refractivity (Wildman–Crippen MR) is 108 cm³/mol. The topological polar surface area (TPSA) is 86.0 Å². The molecular weight excluding hydrogens is 430 g/mol. The Morgan fingerprint density at radius 3 is 2.84 bits per heavy atom. The quantitative estimate of drug-likeness (QED) is 0.538. The van der Waals surface area contributed by atoms with Crippen LogP contribution in [-0.2, 0) is 17.8 Å². The van der Waals surface area contributed by atoms with Gasteiger partial charge < -0.3 is 14.2 Å². The fourth-order valence-corrected chi connectivity index (χ4v) is 3.69. The summed E-state index contributed by atoms with van der Waals surface area (Å²) >= 11 is 5.93. The van der Waals surface area contributed by atoms with Gasteiger partial charge >= 0.3 is 0 Å². The van der Waals surface area contributed by atoms with Gasteiger partial charge in [-0.05, 0) is 36.2 Å². The molecule has 31 heavy (non-hydrogen) atoms. The molecule has 4 rings (SSSR count). The number of hydrogen-bond acceptors (Lipinski definition) is 6. The fraction of sp³-hybridized carbons (Fsp3) is 0.350. The standard InChI is InChI=1S/C20H19ClF2N6O2/c1-11-6-24-20(21)27-16(11)15-9-28-8-13(10-31-2)29(19(30)18(28)26-15)7-12-4-3-5-14(25-12)17(22)23/h3-6,9,13,17H,7-8,10H2,1-2H3. The molecule has 11 heteroatoms. The normalized spacial score (nSPS) is 16.1. The van der Waals surface area contributed by atoms with Gasteiger partial charge in [-0.2, -0.15) is 0 Å². The van der Waals surface area contributed by atoms with Crippen molar-refractivity contribution in [2.75, 3.05) is 13.7 Å². The van der Waals surface area contributed by atoms with Crippen molar-refractivity contribution in [1.82, 2.24) is 29.4 Å². The van der Waals surface area contributed by atoms with Gasteiger partial charge in [0.2, 0.25) is 5.28 Å². The molecule has 0 radical (unpaired) electrons. The van der Waals surface area contributed by atoms with Crippen LogP contribution >= 0.6 is 11.6 Å². The van der Waals surface area contributed by atoms with Gasteiger partial charge in [0.1, 0.15) is 11.4 Å². The van der Waals surface area contributed by atoms with Gasteiger partial charge in [0.15, 0.2) is 5.82 Å². The largest absolute Gasteiger partial charge is 0.382 e. The van der Waals surface area contributed by atoms with Crippen LogP contribution in [0.2, 0.25) is 5.28 Å². The number of pyridine rings is 1. The molecule has 8 nitrogen and oxygen atoms in total. The van der Waals surface area contributed by atoms with Crippen LogP contribution in [0.5, 0.6) is 0 Å². The molecule has 0 spiro atoms. The minimum absolute atomic E-state index is 0.0635. The summed E-state index contributed by atoms with van der Waals surface area (Å²) < 4.78 is 33.1. The molecule has 0 saturated heterocycles. The minimum atomic E-state index is -2.68. The maximum absolute atomic E-state index is 13.3. The Labute approximate surface area is 181 Å². The fourth-order valence-electron chi connectivity index (χ4n) is 3.56. The Bertz CT molecular complexity index is 1120. The minimum Gasteiger partial charge on any atom is -0.382 e. The summed E-state index contributed by atoms with van der Waals surface area (Å²) in [5.74, 6) is -0.122. The van der Waals surface area contributed by atoms with Crippen molar-refractivity contribution in [2.45, 2.75) is 32.5 Å². The van der Waals surface area contributed by atoms with Crippen LogP contribution in [0.4, 0.5) is 8.78 Å². The summed E-state index contributed by atoms with van der Waals surface area (Å²) in [6, 6.07) is 4.05. The second kappa shape index (κ2) is 8.64. The molecule has 0 bridgehead atoms. The van der Waals surface area contributed by atoms with E-state index in [4.69, 9.17) is 16.3 Å². The number of nitrogens with zero attached hydrogens (tertiary/aromatic N) is 6. The van der Waals surface area contributed by atoms with Gasteiger partial charge in [-0.1, -0.05) is 6.07 Å². The second-order valence-corrected chi connectivity index (χ2v) is 7.51. The van der Waals surface area contributed by atoms with Crippen LogP contribution in [-0.4, -0.2) is 55.1 Å². The van der Waals surface area contributed by atoms with Crippen LogP contribution in [0.15, 0.2) is 30.6 Å². The second-order valence-electron chi connectivity index (χ2n) is 7.17. The van der Waals surface area contributed by atoms with Crippen molar-refractivity contribution in [1.29, 1.82) is 0 Å². The molecule has 3 aromatic heterocycles. The molecule has 0 fully saturated rings. The Kier molecular flexibility index (Phi) is 5.92. The lowest BCUT2D eigenvalue weighted by Crippen LogP contribution is -2.49. The number of halogens is 3. The van der Waals surface area contributed by atoms with E-state index >= 15 is 0 Å². The molecule has 162 valence electrons. The van der Waals surface area contributed by atoms with E-state index in [1.807, 2.05) is 6.92 Å². The van der Waals surface area contributed by atoms with Gasteiger partial charge in [-0.3, -0.25) is 4.79 Å². The number of fused-ring (bicyclic) bond motifs is 1. The van der Waals surface area contributed by atoms with Crippen molar-refractivity contribution in [2.24, 2.45) is 0 Å². The van der Waals surface area contributed by atoms with Crippen molar-refractivity contribution in [3.05, 3.63) is 58.7 Å². The van der Waals surface area contributed by atoms with Gasteiger partial charge in [0.05, 0.1) is 30.6 Å². The lowest BCUT2D eigenvalue weighted by molar-refractivity contribution is 0.0375. The summed E-state index contributed by atoms with van der Waals surface area (Å²) in [6.07, 6.45) is 0.650. The Morgan fingerprint density at radius 2 is 2.10 bits per heavy atom. The summed E-state index contributed by atoms with van der Waals surface area (Å²) in [7, 11) is 1.54. The van der Waals surface area contributed by atoms with Gasteiger partial charge in [0, 0.05) is 26.0 Å². The van der Waals surface area contributed by atoms with Gasteiger partial charge in [-0.25, -0.2) is 28.7 Å². The maximum atomic E-state index is 13.3. The highest BCUT2D eigenvalue weighted by Crippen LogP contribution is 2.26. The highest BCUT2D eigenvalue weighted by atomic mass is 35.5. The van der Waals surface area contributed by atoms with Crippen LogP contribution in [0.25, 0.3) is 11.4 Å². The number of aromatic nitrogens is 5. The molecule has 0 saturated carbocycles. The predicted octanol–water partition coefficient (Wildman–Crippen LogP) is 3.31. The zero-order valence-corrected chi connectivity index (χ0v) is 17.6. The van der Waals surface area contributed by atoms with E-state index in [0.717, 1.165) is 5.56 Å². The van der Waals surface area contributed by atoms with E-state index in [1.165, 1.54) is 12.1 Å². The van der Waals surface area contributed by atoms with E-state index in [-0.39, 0.29) is 41.9 Å². The average molecular weight is 449 g/mol. The number of carbonyl (C=O) groups excluding carboxylic acids is 1. The van der Waals surface area contributed by atoms with E-state index in [9.17, 15) is 13.6 Å². The van der Waals surface area contributed by atoms with Gasteiger partial charge in [-0.15, -0.1) is 0 Å². The molecule has 1 unspecified atom stereocenters. The first kappa shape index (κ1) is 21.3. The third-order valence-electron chi connectivity index (χ3n) is 5.01. The maximum Gasteiger partial charge on any atom is 0.290 e. The molecule has 0 aliphatic carbocycles. The Hall–Kier alpha value is -2.98. The molecule has 0 aromatic carbocycles. The third kappa shape index (κ3) is 4.26. The zero-order valence-electron chi connectivity index (χ0n) is 16.8. The molecule has 1 amide bonds. The van der Waals surface area contributed by atoms with Crippen molar-refractivity contribution in [3.63, 3.8) is 0 Å². The molecule has 1 atom stereocenters. The van der Waals surface area contributed by atoms with E-state index in [0.29, 0.717) is 23.6 Å². The smallest absolute Gasteiger partial charge is 0.290 e. The van der Waals surface area contributed by atoms with Crippen LogP contribution in [0.3, 0.4) is 0 Å². The summed E-state index contributed by atoms with van der Waals surface area (Å²) in [4.78, 5) is 31.5. The Balaban J connectivity index is 1.68. The summed E-state index contributed by atoms with van der Waals surface area (Å²) in [5, 5.41) is 0.0850. The van der Waals surface area contributed by atoms with Crippen LogP contribution in [0, 0.1) is 6.92 Å². The van der Waals surface area contributed by atoms with E-state index in [2.05, 4.69) is 19.9 Å². The lowest BCUT2D eigenvalue weighted by atomic mass is 10.1. The highest BCUT2D eigenvalue weighted by Gasteiger charge is 2.35. The average Bonchev–Trinajstić information content (AvgIpc) is 3.17. The number of rotatable bonds is 6. The summed E-state index contributed by atoms with van der Waals surface area (Å²) in [5.41, 5.74) is 1.85. The molecule has 1 aliphatic heterocycles. The van der Waals surface area contributed by atoms with Crippen molar-refractivity contribution >= 4 is 17.5 Å². The first-order chi connectivity index (χ1) is 14.9. The molecule has 0 N–H and O–H groups in total. The number of ether oxygens (including phenoxy) is 1. The van der Waals surface area contributed by atoms with Crippen LogP contribution < -0.4 is 0 Å². The van der Waals surface area contributed by atoms with Crippen LogP contribution in [0.1, 0.15) is 34.0 Å². The molecule has 3 aromatic rings. The first-order valence-electron chi connectivity index (χ1n) is 9.48. The lowest BCUT2D eigenvalue weighted by Gasteiger charge is -2.35. The zero-order chi connectivity index (χ0) is 22.1. The third-order valence-corrected chi connectivity index (χ3v) is 5.19. The van der Waals surface area contributed by atoms with E-state index < -0.39 is 6.43 Å². The van der Waals surface area contributed by atoms with E-state index in [1.54, 1.807) is 35.0 Å². The number of aryl methyl sites for hydroxylation is 1. The number of alkyl halides is 2. The van der Waals surface area contributed by atoms with Crippen molar-refractivity contribution in [3.8, 4) is 11.4 Å². The number of methoxy groups -OCH3 is 1. The number of amides is 1. The number of imidazole rings is 1. The number of hydrogen-bond donors (Lipinski definition) is 0. The Morgan fingerprint density at radius 1 is 1.29 bits per heavy atom. The molecule has 1 aliphatic rings. The van der Waals surface area contributed by atoms with Crippen molar-refractivity contribution < 1.29 is 18.3 Å². The highest BCUT2D eigenvalue weighted by molar-refractivity contribution is 6.28. The monoisotopic (exact) mass is 448 g/mol. The molecular formula is C20H19ClF2N6O2. The van der Waals surface area contributed by atoms with Gasteiger partial charge in [0.25, 0.3) is 12.3 Å². The summed E-state index contributed by atoms with van der Waals surface area (Å²) in [6.45, 7) is 2.58. The SMILES string of the molecule is COCC1Cn2cc(-c3nc(Cl)ncc3C)nc2C(=O)N1Cc1cccc(C(F)F)n1. The number of carbonyl (C=O) groups is 1.